The van der Waals surface area contributed by atoms with Crippen LogP contribution >= 0.6 is 0 Å². The standard InChI is InChI=1S/C15H26N2O/c18-17-15-12-9-8-11(10-12)14(15)16-13-6-4-2-1-3-5-7-13/h11-14,16,18H,1-10H2/b17-15-/t11-,12-,14+/m0/s1. The van der Waals surface area contributed by atoms with E-state index in [1.807, 2.05) is 0 Å². The Labute approximate surface area is 110 Å². The molecule has 0 amide bonds. The molecule has 0 unspecified atom stereocenters. The van der Waals surface area contributed by atoms with Crippen LogP contribution in [0.15, 0.2) is 5.16 Å². The summed E-state index contributed by atoms with van der Waals surface area (Å²) in [7, 11) is 0. The highest BCUT2D eigenvalue weighted by molar-refractivity contribution is 5.94. The van der Waals surface area contributed by atoms with Gasteiger partial charge >= 0.3 is 0 Å². The molecule has 3 atom stereocenters. The van der Waals surface area contributed by atoms with Gasteiger partial charge in [-0.05, 0) is 38.0 Å². The van der Waals surface area contributed by atoms with E-state index in [9.17, 15) is 5.21 Å². The molecule has 3 fully saturated rings. The first kappa shape index (κ1) is 12.5. The fraction of sp³-hybridized carbons (Fsp3) is 0.933. The lowest BCUT2D eigenvalue weighted by Gasteiger charge is -2.30. The van der Waals surface area contributed by atoms with Gasteiger partial charge in [0.15, 0.2) is 0 Å². The van der Waals surface area contributed by atoms with Gasteiger partial charge < -0.3 is 10.5 Å². The summed E-state index contributed by atoms with van der Waals surface area (Å²) in [5, 5.41) is 16.7. The lowest BCUT2D eigenvalue weighted by molar-refractivity contribution is 0.300. The molecule has 3 aliphatic rings. The van der Waals surface area contributed by atoms with Crippen molar-refractivity contribution in [3.63, 3.8) is 0 Å². The Morgan fingerprint density at radius 1 is 0.944 bits per heavy atom. The zero-order chi connectivity index (χ0) is 12.4. The highest BCUT2D eigenvalue weighted by atomic mass is 16.4. The monoisotopic (exact) mass is 250 g/mol. The summed E-state index contributed by atoms with van der Waals surface area (Å²) in [5.74, 6) is 1.32. The lowest BCUT2D eigenvalue weighted by atomic mass is 9.90. The molecule has 3 rings (SSSR count). The fourth-order valence-electron chi connectivity index (χ4n) is 4.33. The zero-order valence-electron chi connectivity index (χ0n) is 11.3. The number of oxime groups is 1. The van der Waals surface area contributed by atoms with Crippen LogP contribution in [0.4, 0.5) is 0 Å². The topological polar surface area (TPSA) is 44.6 Å². The first-order valence-electron chi connectivity index (χ1n) is 7.86. The van der Waals surface area contributed by atoms with E-state index in [0.29, 0.717) is 18.0 Å². The van der Waals surface area contributed by atoms with E-state index in [1.54, 1.807) is 0 Å². The smallest absolute Gasteiger partial charge is 0.0773 e. The number of nitrogens with zero attached hydrogens (tertiary/aromatic N) is 1. The van der Waals surface area contributed by atoms with Crippen LogP contribution in [-0.2, 0) is 0 Å². The molecule has 3 heteroatoms. The van der Waals surface area contributed by atoms with Crippen LogP contribution in [0.25, 0.3) is 0 Å². The quantitative estimate of drug-likeness (QED) is 0.583. The minimum absolute atomic E-state index is 0.387. The zero-order valence-corrected chi connectivity index (χ0v) is 11.3. The molecule has 0 aromatic heterocycles. The van der Waals surface area contributed by atoms with Crippen molar-refractivity contribution < 1.29 is 5.21 Å². The van der Waals surface area contributed by atoms with Crippen LogP contribution in [0, 0.1) is 11.8 Å². The van der Waals surface area contributed by atoms with Crippen molar-refractivity contribution in [3.05, 3.63) is 0 Å². The van der Waals surface area contributed by atoms with Gasteiger partial charge in [-0.25, -0.2) is 0 Å². The van der Waals surface area contributed by atoms with Gasteiger partial charge in [-0.15, -0.1) is 0 Å². The van der Waals surface area contributed by atoms with Gasteiger partial charge in [-0.2, -0.15) is 0 Å². The molecule has 0 saturated heterocycles. The molecule has 2 N–H and O–H groups in total. The van der Waals surface area contributed by atoms with Gasteiger partial charge in [0.1, 0.15) is 0 Å². The molecular weight excluding hydrogens is 224 g/mol. The van der Waals surface area contributed by atoms with Crippen molar-refractivity contribution >= 4 is 5.71 Å². The molecule has 102 valence electrons. The van der Waals surface area contributed by atoms with Gasteiger partial charge in [0.2, 0.25) is 0 Å². The molecule has 3 saturated carbocycles. The highest BCUT2D eigenvalue weighted by Crippen LogP contribution is 2.43. The predicted octanol–water partition coefficient (Wildman–Crippen LogP) is 3.32. The van der Waals surface area contributed by atoms with Gasteiger partial charge in [0.05, 0.1) is 11.8 Å². The first-order valence-corrected chi connectivity index (χ1v) is 7.86. The van der Waals surface area contributed by atoms with Gasteiger partial charge in [-0.3, -0.25) is 0 Å². The summed E-state index contributed by atoms with van der Waals surface area (Å²) in [4.78, 5) is 0. The molecule has 0 aromatic carbocycles. The van der Waals surface area contributed by atoms with E-state index in [-0.39, 0.29) is 0 Å². The summed E-state index contributed by atoms with van der Waals surface area (Å²) in [6, 6.07) is 1.05. The van der Waals surface area contributed by atoms with E-state index >= 15 is 0 Å². The van der Waals surface area contributed by atoms with Crippen molar-refractivity contribution in [1.29, 1.82) is 0 Å². The lowest BCUT2D eigenvalue weighted by Crippen LogP contribution is -2.46. The summed E-state index contributed by atoms with van der Waals surface area (Å²) in [6.45, 7) is 0. The van der Waals surface area contributed by atoms with Crippen molar-refractivity contribution in [2.24, 2.45) is 17.0 Å². The molecule has 0 aliphatic heterocycles. The maximum Gasteiger partial charge on any atom is 0.0773 e. The van der Waals surface area contributed by atoms with Crippen LogP contribution in [0.3, 0.4) is 0 Å². The van der Waals surface area contributed by atoms with Crippen molar-refractivity contribution in [1.82, 2.24) is 5.32 Å². The Bertz CT molecular complexity index is 308. The Morgan fingerprint density at radius 3 is 2.39 bits per heavy atom. The molecule has 0 radical (unpaired) electrons. The van der Waals surface area contributed by atoms with Crippen molar-refractivity contribution in [2.45, 2.75) is 76.3 Å². The maximum atomic E-state index is 9.24. The van der Waals surface area contributed by atoms with Gasteiger partial charge in [-0.1, -0.05) is 37.3 Å². The average Bonchev–Trinajstić information content (AvgIpc) is 2.92. The number of hydrogen-bond donors (Lipinski definition) is 2. The van der Waals surface area contributed by atoms with E-state index in [4.69, 9.17) is 0 Å². The normalized spacial score (nSPS) is 40.0. The fourth-order valence-corrected chi connectivity index (χ4v) is 4.33. The Balaban J connectivity index is 1.61. The highest BCUT2D eigenvalue weighted by Gasteiger charge is 2.45. The van der Waals surface area contributed by atoms with Crippen LogP contribution < -0.4 is 5.32 Å². The number of rotatable bonds is 2. The average molecular weight is 250 g/mol. The van der Waals surface area contributed by atoms with Gasteiger partial charge in [0.25, 0.3) is 0 Å². The Morgan fingerprint density at radius 2 is 1.67 bits per heavy atom. The minimum Gasteiger partial charge on any atom is -0.411 e. The van der Waals surface area contributed by atoms with E-state index < -0.39 is 0 Å². The summed E-state index contributed by atoms with van der Waals surface area (Å²) < 4.78 is 0. The third-order valence-electron chi connectivity index (χ3n) is 5.32. The molecule has 3 aliphatic carbocycles. The van der Waals surface area contributed by atoms with E-state index in [2.05, 4.69) is 10.5 Å². The largest absolute Gasteiger partial charge is 0.411 e. The molecule has 3 nitrogen and oxygen atoms in total. The van der Waals surface area contributed by atoms with E-state index in [0.717, 1.165) is 11.6 Å². The molecule has 0 aromatic rings. The SMILES string of the molecule is O/N=C1/[C@H]2CC[C@@H](C2)[C@H]1NC1CCCCCCC1. The van der Waals surface area contributed by atoms with Crippen LogP contribution in [0.5, 0.6) is 0 Å². The van der Waals surface area contributed by atoms with Crippen LogP contribution in [0.1, 0.15) is 64.2 Å². The third kappa shape index (κ3) is 2.42. The number of hydrogen-bond acceptors (Lipinski definition) is 3. The molecule has 18 heavy (non-hydrogen) atoms. The summed E-state index contributed by atoms with van der Waals surface area (Å²) >= 11 is 0. The number of nitrogens with one attached hydrogen (secondary N) is 1. The molecular formula is C15H26N2O. The second-order valence-corrected chi connectivity index (χ2v) is 6.48. The summed E-state index contributed by atoms with van der Waals surface area (Å²) in [6.07, 6.45) is 13.4. The van der Waals surface area contributed by atoms with Gasteiger partial charge in [0, 0.05) is 12.0 Å². The molecule has 2 bridgehead atoms. The predicted molar refractivity (Wildman–Crippen MR) is 73.1 cm³/mol. The first-order chi connectivity index (χ1) is 8.88. The Kier molecular flexibility index (Phi) is 3.88. The van der Waals surface area contributed by atoms with Crippen LogP contribution in [-0.4, -0.2) is 23.0 Å². The molecule has 0 spiro atoms. The summed E-state index contributed by atoms with van der Waals surface area (Å²) in [5.41, 5.74) is 1.06. The number of fused-ring (bicyclic) bond motifs is 2. The second-order valence-electron chi connectivity index (χ2n) is 6.48. The van der Waals surface area contributed by atoms with E-state index in [1.165, 1.54) is 64.2 Å². The maximum absolute atomic E-state index is 9.24. The van der Waals surface area contributed by atoms with Crippen molar-refractivity contribution in [3.8, 4) is 0 Å². The third-order valence-corrected chi connectivity index (χ3v) is 5.32. The molecule has 0 heterocycles. The van der Waals surface area contributed by atoms with Crippen LogP contribution in [0.2, 0.25) is 0 Å². The second kappa shape index (κ2) is 5.60. The van der Waals surface area contributed by atoms with Crippen molar-refractivity contribution in [2.75, 3.05) is 0 Å². The Hall–Kier alpha value is -0.570. The minimum atomic E-state index is 0.387.